The van der Waals surface area contributed by atoms with Crippen LogP contribution in [0.2, 0.25) is 0 Å². The highest BCUT2D eigenvalue weighted by Crippen LogP contribution is 2.37. The third-order valence-corrected chi connectivity index (χ3v) is 6.32. The van der Waals surface area contributed by atoms with E-state index in [0.29, 0.717) is 25.9 Å². The first-order valence-electron chi connectivity index (χ1n) is 10.6. The topological polar surface area (TPSA) is 43.9 Å². The summed E-state index contributed by atoms with van der Waals surface area (Å²) in [7, 11) is 1.74. The van der Waals surface area contributed by atoms with Gasteiger partial charge in [0.05, 0.1) is 12.0 Å². The standard InChI is InChI=1S/C24H28FN3O2/c1-26-22(29)12-11-21(23(26)19-7-9-20(25)10-8-19)24(30)28-15-13-27(14-16-28)17-18-5-3-2-4-6-18/h2-10,21,23H,11-17H2,1H3/t21-,23+/m1/s1. The summed E-state index contributed by atoms with van der Waals surface area (Å²) in [5, 5.41) is 0. The number of nitrogens with zero attached hydrogens (tertiary/aromatic N) is 3. The van der Waals surface area contributed by atoms with Crippen LogP contribution >= 0.6 is 0 Å². The van der Waals surface area contributed by atoms with E-state index in [1.165, 1.54) is 17.7 Å². The van der Waals surface area contributed by atoms with Gasteiger partial charge in [0.2, 0.25) is 11.8 Å². The first-order chi connectivity index (χ1) is 14.5. The Bertz CT molecular complexity index is 879. The largest absolute Gasteiger partial charge is 0.340 e. The Kier molecular flexibility index (Phi) is 6.13. The lowest BCUT2D eigenvalue weighted by Gasteiger charge is -2.42. The maximum Gasteiger partial charge on any atom is 0.228 e. The Morgan fingerprint density at radius 2 is 1.67 bits per heavy atom. The van der Waals surface area contributed by atoms with Crippen molar-refractivity contribution in [1.82, 2.24) is 14.7 Å². The van der Waals surface area contributed by atoms with Gasteiger partial charge in [0, 0.05) is 46.2 Å². The molecular formula is C24H28FN3O2. The highest BCUT2D eigenvalue weighted by atomic mass is 19.1. The molecule has 0 saturated carbocycles. The first kappa shape index (κ1) is 20.5. The van der Waals surface area contributed by atoms with Crippen molar-refractivity contribution in [3.05, 3.63) is 71.5 Å². The van der Waals surface area contributed by atoms with E-state index in [2.05, 4.69) is 17.0 Å². The number of carbonyl (C=O) groups excluding carboxylic acids is 2. The minimum Gasteiger partial charge on any atom is -0.340 e. The molecule has 4 rings (SSSR count). The summed E-state index contributed by atoms with van der Waals surface area (Å²) in [6, 6.07) is 16.2. The summed E-state index contributed by atoms with van der Waals surface area (Å²) < 4.78 is 13.4. The number of hydrogen-bond acceptors (Lipinski definition) is 3. The molecule has 2 aliphatic rings. The molecule has 2 aromatic rings. The molecular weight excluding hydrogens is 381 g/mol. The smallest absolute Gasteiger partial charge is 0.228 e. The van der Waals surface area contributed by atoms with Crippen molar-refractivity contribution in [1.29, 1.82) is 0 Å². The van der Waals surface area contributed by atoms with Gasteiger partial charge >= 0.3 is 0 Å². The minimum atomic E-state index is -0.346. The van der Waals surface area contributed by atoms with E-state index in [1.54, 1.807) is 24.1 Å². The maximum atomic E-state index is 13.4. The van der Waals surface area contributed by atoms with Crippen molar-refractivity contribution < 1.29 is 14.0 Å². The van der Waals surface area contributed by atoms with Crippen LogP contribution in [0.4, 0.5) is 4.39 Å². The Morgan fingerprint density at radius 3 is 2.33 bits per heavy atom. The Morgan fingerprint density at radius 1 is 1.00 bits per heavy atom. The van der Waals surface area contributed by atoms with E-state index in [4.69, 9.17) is 0 Å². The fraction of sp³-hybridized carbons (Fsp3) is 0.417. The van der Waals surface area contributed by atoms with Crippen molar-refractivity contribution in [2.75, 3.05) is 33.2 Å². The fourth-order valence-electron chi connectivity index (χ4n) is 4.62. The summed E-state index contributed by atoms with van der Waals surface area (Å²) in [5.41, 5.74) is 2.09. The summed E-state index contributed by atoms with van der Waals surface area (Å²) in [4.78, 5) is 31.7. The number of rotatable bonds is 4. The second-order valence-electron chi connectivity index (χ2n) is 8.23. The van der Waals surface area contributed by atoms with Crippen molar-refractivity contribution >= 4 is 11.8 Å². The lowest BCUT2D eigenvalue weighted by Crippen LogP contribution is -2.53. The van der Waals surface area contributed by atoms with E-state index in [0.717, 1.165) is 25.2 Å². The van der Waals surface area contributed by atoms with E-state index < -0.39 is 0 Å². The number of piperidine rings is 1. The second-order valence-corrected chi connectivity index (χ2v) is 8.23. The van der Waals surface area contributed by atoms with Crippen LogP contribution in [0.15, 0.2) is 54.6 Å². The fourth-order valence-corrected chi connectivity index (χ4v) is 4.62. The summed E-state index contributed by atoms with van der Waals surface area (Å²) in [6.45, 7) is 3.94. The number of halogens is 1. The van der Waals surface area contributed by atoms with Crippen LogP contribution < -0.4 is 0 Å². The number of benzene rings is 2. The van der Waals surface area contributed by atoms with Gasteiger partial charge in [-0.15, -0.1) is 0 Å². The van der Waals surface area contributed by atoms with E-state index in [9.17, 15) is 14.0 Å². The van der Waals surface area contributed by atoms with Gasteiger partial charge < -0.3 is 9.80 Å². The van der Waals surface area contributed by atoms with Gasteiger partial charge in [-0.05, 0) is 29.7 Å². The molecule has 2 aliphatic heterocycles. The second kappa shape index (κ2) is 8.96. The number of likely N-dealkylation sites (tertiary alicyclic amines) is 1. The predicted octanol–water partition coefficient (Wildman–Crippen LogP) is 3.08. The molecule has 2 aromatic carbocycles. The summed E-state index contributed by atoms with van der Waals surface area (Å²) in [5.74, 6) is -0.483. The molecule has 2 fully saturated rings. The molecule has 0 unspecified atom stereocenters. The van der Waals surface area contributed by atoms with Gasteiger partial charge in [-0.25, -0.2) is 4.39 Å². The highest BCUT2D eigenvalue weighted by molar-refractivity contribution is 5.85. The molecule has 0 N–H and O–H groups in total. The van der Waals surface area contributed by atoms with Crippen molar-refractivity contribution in [2.45, 2.75) is 25.4 Å². The monoisotopic (exact) mass is 409 g/mol. The summed E-state index contributed by atoms with van der Waals surface area (Å²) in [6.07, 6.45) is 0.910. The van der Waals surface area contributed by atoms with Gasteiger partial charge in [-0.2, -0.15) is 0 Å². The first-order valence-corrected chi connectivity index (χ1v) is 10.6. The van der Waals surface area contributed by atoms with Crippen LogP contribution in [0.25, 0.3) is 0 Å². The zero-order valence-electron chi connectivity index (χ0n) is 17.3. The van der Waals surface area contributed by atoms with Gasteiger partial charge in [-0.3, -0.25) is 14.5 Å². The molecule has 2 saturated heterocycles. The van der Waals surface area contributed by atoms with E-state index in [1.807, 2.05) is 23.1 Å². The molecule has 0 radical (unpaired) electrons. The van der Waals surface area contributed by atoms with Gasteiger partial charge in [0.15, 0.2) is 0 Å². The number of amides is 2. The molecule has 6 heteroatoms. The molecule has 2 atom stereocenters. The molecule has 0 aliphatic carbocycles. The molecule has 2 heterocycles. The van der Waals surface area contributed by atoms with Crippen molar-refractivity contribution in [3.63, 3.8) is 0 Å². The van der Waals surface area contributed by atoms with Crippen LogP contribution in [0.3, 0.4) is 0 Å². The van der Waals surface area contributed by atoms with Gasteiger partial charge in [-0.1, -0.05) is 42.5 Å². The Hall–Kier alpha value is -2.73. The molecule has 5 nitrogen and oxygen atoms in total. The average molecular weight is 410 g/mol. The van der Waals surface area contributed by atoms with Crippen LogP contribution in [0.1, 0.15) is 30.0 Å². The predicted molar refractivity (Wildman–Crippen MR) is 113 cm³/mol. The molecule has 158 valence electrons. The quantitative estimate of drug-likeness (QED) is 0.780. The normalized spacial score (nSPS) is 22.9. The Labute approximate surface area is 177 Å². The van der Waals surface area contributed by atoms with Crippen LogP contribution in [0, 0.1) is 11.7 Å². The van der Waals surface area contributed by atoms with Gasteiger partial charge in [0.25, 0.3) is 0 Å². The zero-order valence-corrected chi connectivity index (χ0v) is 17.3. The van der Waals surface area contributed by atoms with Crippen LogP contribution in [-0.2, 0) is 16.1 Å². The minimum absolute atomic E-state index is 0.0288. The van der Waals surface area contributed by atoms with Crippen molar-refractivity contribution in [2.24, 2.45) is 5.92 Å². The van der Waals surface area contributed by atoms with Crippen molar-refractivity contribution in [3.8, 4) is 0 Å². The molecule has 30 heavy (non-hydrogen) atoms. The third kappa shape index (κ3) is 4.38. The van der Waals surface area contributed by atoms with Gasteiger partial charge in [0.1, 0.15) is 5.82 Å². The molecule has 0 bridgehead atoms. The third-order valence-electron chi connectivity index (χ3n) is 6.32. The SMILES string of the molecule is CN1C(=O)CC[C@@H](C(=O)N2CCN(Cc3ccccc3)CC2)[C@@H]1c1ccc(F)cc1. The van der Waals surface area contributed by atoms with Crippen LogP contribution in [0.5, 0.6) is 0 Å². The average Bonchev–Trinajstić information content (AvgIpc) is 2.77. The molecule has 0 aromatic heterocycles. The van der Waals surface area contributed by atoms with E-state index >= 15 is 0 Å². The lowest BCUT2D eigenvalue weighted by atomic mass is 9.83. The summed E-state index contributed by atoms with van der Waals surface area (Å²) >= 11 is 0. The van der Waals surface area contributed by atoms with Crippen LogP contribution in [-0.4, -0.2) is 59.7 Å². The Balaban J connectivity index is 1.43. The maximum absolute atomic E-state index is 13.4. The number of piperazine rings is 1. The number of hydrogen-bond donors (Lipinski definition) is 0. The highest BCUT2D eigenvalue weighted by Gasteiger charge is 2.41. The zero-order chi connectivity index (χ0) is 21.1. The van der Waals surface area contributed by atoms with E-state index in [-0.39, 0.29) is 29.6 Å². The lowest BCUT2D eigenvalue weighted by molar-refractivity contribution is -0.147. The molecule has 0 spiro atoms. The number of carbonyl (C=O) groups is 2. The molecule has 2 amide bonds.